The molecule has 1 aromatic heterocycles. The van der Waals surface area contributed by atoms with E-state index in [-0.39, 0.29) is 11.9 Å². The average Bonchev–Trinajstić information content (AvgIpc) is 2.63. The lowest BCUT2D eigenvalue weighted by Crippen LogP contribution is -2.20. The molecule has 0 fully saturated rings. The molecule has 0 spiro atoms. The van der Waals surface area contributed by atoms with Crippen LogP contribution in [0.15, 0.2) is 48.5 Å². The molecule has 8 heteroatoms. The zero-order valence-corrected chi connectivity index (χ0v) is 16.2. The number of rotatable bonds is 6. The van der Waals surface area contributed by atoms with Gasteiger partial charge in [0.1, 0.15) is 5.82 Å². The van der Waals surface area contributed by atoms with Crippen molar-refractivity contribution >= 4 is 35.0 Å². The molecule has 0 radical (unpaired) electrons. The number of benzene rings is 2. The quantitative estimate of drug-likeness (QED) is 0.320. The van der Waals surface area contributed by atoms with E-state index in [9.17, 15) is 0 Å². The molecule has 0 aliphatic rings. The molecule has 0 atom stereocenters. The Hall–Kier alpha value is -3.32. The smallest absolute Gasteiger partial charge is 0.222 e. The SMILES string of the molecule is Cc1c(Cl)cccc1-c1cc(NCCc2cccc(NC(=N)N)c2)nc(N)n1. The number of halogens is 1. The van der Waals surface area contributed by atoms with Crippen LogP contribution in [0.1, 0.15) is 11.1 Å². The standard InChI is InChI=1S/C20H22ClN7/c1-12-15(6-3-7-16(12)21)17-11-18(28-20(24)27-17)25-9-8-13-4-2-5-14(10-13)26-19(22)23/h2-7,10-11H,8-9H2,1H3,(H4,22,23,26)(H3,24,25,27,28). The first-order valence-corrected chi connectivity index (χ1v) is 9.14. The van der Waals surface area contributed by atoms with Gasteiger partial charge in [-0.05, 0) is 42.7 Å². The number of hydrogen-bond donors (Lipinski definition) is 5. The van der Waals surface area contributed by atoms with Crippen molar-refractivity contribution in [2.75, 3.05) is 22.9 Å². The van der Waals surface area contributed by atoms with Gasteiger partial charge >= 0.3 is 0 Å². The molecule has 0 saturated heterocycles. The van der Waals surface area contributed by atoms with Crippen LogP contribution in [0.3, 0.4) is 0 Å². The summed E-state index contributed by atoms with van der Waals surface area (Å²) in [5.41, 5.74) is 15.8. The highest BCUT2D eigenvalue weighted by Gasteiger charge is 2.09. The number of nitrogens with two attached hydrogens (primary N) is 2. The van der Waals surface area contributed by atoms with E-state index >= 15 is 0 Å². The van der Waals surface area contributed by atoms with Crippen LogP contribution < -0.4 is 22.1 Å². The maximum atomic E-state index is 7.31. The Kier molecular flexibility index (Phi) is 5.96. The zero-order chi connectivity index (χ0) is 20.1. The minimum Gasteiger partial charge on any atom is -0.370 e. The van der Waals surface area contributed by atoms with Crippen molar-refractivity contribution in [3.8, 4) is 11.3 Å². The van der Waals surface area contributed by atoms with E-state index in [0.29, 0.717) is 17.4 Å². The Bertz CT molecular complexity index is 1000. The van der Waals surface area contributed by atoms with Gasteiger partial charge < -0.3 is 22.1 Å². The Balaban J connectivity index is 1.71. The van der Waals surface area contributed by atoms with Crippen LogP contribution in [0.2, 0.25) is 5.02 Å². The summed E-state index contributed by atoms with van der Waals surface area (Å²) >= 11 is 6.22. The van der Waals surface area contributed by atoms with Crippen molar-refractivity contribution in [1.29, 1.82) is 5.41 Å². The lowest BCUT2D eigenvalue weighted by Gasteiger charge is -2.11. The Morgan fingerprint density at radius 1 is 1.14 bits per heavy atom. The van der Waals surface area contributed by atoms with E-state index in [2.05, 4.69) is 20.6 Å². The molecule has 7 N–H and O–H groups in total. The number of nitrogen functional groups attached to an aromatic ring is 1. The van der Waals surface area contributed by atoms with Gasteiger partial charge in [-0.25, -0.2) is 4.98 Å². The normalized spacial score (nSPS) is 10.5. The first kappa shape index (κ1) is 19.4. The molecular formula is C20H22ClN7. The number of aromatic nitrogens is 2. The van der Waals surface area contributed by atoms with Gasteiger partial charge in [0.05, 0.1) is 5.69 Å². The van der Waals surface area contributed by atoms with Crippen LogP contribution in [-0.4, -0.2) is 22.5 Å². The number of guanidine groups is 1. The van der Waals surface area contributed by atoms with Crippen LogP contribution in [-0.2, 0) is 6.42 Å². The second-order valence-corrected chi connectivity index (χ2v) is 6.73. The molecular weight excluding hydrogens is 374 g/mol. The van der Waals surface area contributed by atoms with E-state index < -0.39 is 0 Å². The van der Waals surface area contributed by atoms with Gasteiger partial charge in [-0.15, -0.1) is 0 Å². The zero-order valence-electron chi connectivity index (χ0n) is 15.5. The summed E-state index contributed by atoms with van der Waals surface area (Å²) in [5, 5.41) is 14.1. The Labute approximate surface area is 168 Å². The predicted molar refractivity (Wildman–Crippen MR) is 116 cm³/mol. The van der Waals surface area contributed by atoms with Crippen LogP contribution in [0, 0.1) is 12.3 Å². The average molecular weight is 396 g/mol. The van der Waals surface area contributed by atoms with Gasteiger partial charge in [0.2, 0.25) is 5.95 Å². The molecule has 0 unspecified atom stereocenters. The summed E-state index contributed by atoms with van der Waals surface area (Å²) < 4.78 is 0. The number of hydrogen-bond acceptors (Lipinski definition) is 5. The molecule has 0 aliphatic heterocycles. The second-order valence-electron chi connectivity index (χ2n) is 6.32. The van der Waals surface area contributed by atoms with E-state index in [0.717, 1.165) is 34.5 Å². The lowest BCUT2D eigenvalue weighted by atomic mass is 10.1. The summed E-state index contributed by atoms with van der Waals surface area (Å²) in [6.07, 6.45) is 0.767. The summed E-state index contributed by atoms with van der Waals surface area (Å²) in [5.74, 6) is 0.766. The van der Waals surface area contributed by atoms with Gasteiger partial charge in [-0.3, -0.25) is 5.41 Å². The molecule has 144 valence electrons. The molecule has 1 heterocycles. The van der Waals surface area contributed by atoms with Crippen LogP contribution >= 0.6 is 11.6 Å². The van der Waals surface area contributed by atoms with E-state index in [1.165, 1.54) is 0 Å². The largest absolute Gasteiger partial charge is 0.370 e. The summed E-state index contributed by atoms with van der Waals surface area (Å²) in [4.78, 5) is 8.60. The van der Waals surface area contributed by atoms with E-state index in [1.807, 2.05) is 55.5 Å². The molecule has 0 amide bonds. The van der Waals surface area contributed by atoms with Crippen LogP contribution in [0.25, 0.3) is 11.3 Å². The van der Waals surface area contributed by atoms with E-state index in [1.54, 1.807) is 0 Å². The molecule has 7 nitrogen and oxygen atoms in total. The fourth-order valence-electron chi connectivity index (χ4n) is 2.87. The molecule has 0 aliphatic carbocycles. The highest BCUT2D eigenvalue weighted by Crippen LogP contribution is 2.28. The number of nitrogens with one attached hydrogen (secondary N) is 3. The molecule has 28 heavy (non-hydrogen) atoms. The molecule has 3 aromatic rings. The van der Waals surface area contributed by atoms with Crippen molar-refractivity contribution in [1.82, 2.24) is 9.97 Å². The van der Waals surface area contributed by atoms with Crippen molar-refractivity contribution in [3.05, 3.63) is 64.7 Å². The monoisotopic (exact) mass is 395 g/mol. The number of nitrogens with zero attached hydrogens (tertiary/aromatic N) is 2. The highest BCUT2D eigenvalue weighted by molar-refractivity contribution is 6.31. The van der Waals surface area contributed by atoms with Crippen LogP contribution in [0.5, 0.6) is 0 Å². The third kappa shape index (κ3) is 4.89. The first-order valence-electron chi connectivity index (χ1n) is 8.76. The summed E-state index contributed by atoms with van der Waals surface area (Å²) in [6.45, 7) is 2.61. The van der Waals surface area contributed by atoms with Crippen molar-refractivity contribution in [2.24, 2.45) is 5.73 Å². The number of anilines is 3. The van der Waals surface area contributed by atoms with Crippen LogP contribution in [0.4, 0.5) is 17.5 Å². The third-order valence-corrected chi connectivity index (χ3v) is 4.62. The van der Waals surface area contributed by atoms with Gasteiger partial charge in [-0.2, -0.15) is 4.98 Å². The Morgan fingerprint density at radius 2 is 1.93 bits per heavy atom. The minimum absolute atomic E-state index is 0.0874. The van der Waals surface area contributed by atoms with Crippen molar-refractivity contribution in [2.45, 2.75) is 13.3 Å². The second kappa shape index (κ2) is 8.58. The maximum Gasteiger partial charge on any atom is 0.222 e. The first-order chi connectivity index (χ1) is 13.4. The fraction of sp³-hybridized carbons (Fsp3) is 0.150. The summed E-state index contributed by atoms with van der Waals surface area (Å²) in [7, 11) is 0. The topological polar surface area (TPSA) is 126 Å². The molecule has 0 saturated carbocycles. The van der Waals surface area contributed by atoms with Gasteiger partial charge in [0.25, 0.3) is 0 Å². The third-order valence-electron chi connectivity index (χ3n) is 4.21. The highest BCUT2D eigenvalue weighted by atomic mass is 35.5. The molecule has 3 rings (SSSR count). The fourth-order valence-corrected chi connectivity index (χ4v) is 3.05. The van der Waals surface area contributed by atoms with Gasteiger partial charge in [0, 0.05) is 28.9 Å². The van der Waals surface area contributed by atoms with Crippen molar-refractivity contribution < 1.29 is 0 Å². The molecule has 0 bridgehead atoms. The lowest BCUT2D eigenvalue weighted by molar-refractivity contribution is 1.00. The van der Waals surface area contributed by atoms with Gasteiger partial charge in [0.15, 0.2) is 5.96 Å². The minimum atomic E-state index is -0.0874. The Morgan fingerprint density at radius 3 is 2.71 bits per heavy atom. The van der Waals surface area contributed by atoms with E-state index in [4.69, 9.17) is 28.5 Å². The maximum absolute atomic E-state index is 7.31. The predicted octanol–water partition coefficient (Wildman–Crippen LogP) is 3.65. The summed E-state index contributed by atoms with van der Waals surface area (Å²) in [6, 6.07) is 15.3. The van der Waals surface area contributed by atoms with Gasteiger partial charge in [-0.1, -0.05) is 35.9 Å². The molecule has 2 aromatic carbocycles. The van der Waals surface area contributed by atoms with Crippen molar-refractivity contribution in [3.63, 3.8) is 0 Å².